The van der Waals surface area contributed by atoms with Gasteiger partial charge in [-0.1, -0.05) is 40.6 Å². The van der Waals surface area contributed by atoms with Gasteiger partial charge in [0.1, 0.15) is 17.8 Å². The molecule has 0 radical (unpaired) electrons. The molecule has 2 aromatic carbocycles. The number of benzene rings is 2. The van der Waals surface area contributed by atoms with Crippen molar-refractivity contribution in [2.75, 3.05) is 13.7 Å². The SMILES string of the molecule is CCOc1cccc2sc(=NC(=O)c3cc(Cl)ccc3Cl)n(CC(=O)OC)c12. The fraction of sp³-hybridized carbons (Fsp3) is 0.211. The highest BCUT2D eigenvalue weighted by Crippen LogP contribution is 2.28. The zero-order valence-electron chi connectivity index (χ0n) is 15.1. The van der Waals surface area contributed by atoms with Crippen LogP contribution in [0.4, 0.5) is 0 Å². The maximum absolute atomic E-state index is 12.7. The van der Waals surface area contributed by atoms with Crippen molar-refractivity contribution in [1.29, 1.82) is 0 Å². The number of nitrogens with zero attached hydrogens (tertiary/aromatic N) is 2. The zero-order valence-corrected chi connectivity index (χ0v) is 17.4. The van der Waals surface area contributed by atoms with E-state index in [1.165, 1.54) is 30.6 Å². The van der Waals surface area contributed by atoms with Gasteiger partial charge in [0.15, 0.2) is 4.80 Å². The molecular formula is C19H16Cl2N2O4S. The summed E-state index contributed by atoms with van der Waals surface area (Å²) in [5.41, 5.74) is 0.852. The number of methoxy groups -OCH3 is 1. The van der Waals surface area contributed by atoms with Crippen LogP contribution in [0.1, 0.15) is 17.3 Å². The molecule has 0 saturated heterocycles. The first-order valence-corrected chi connectivity index (χ1v) is 9.88. The van der Waals surface area contributed by atoms with Gasteiger partial charge in [0, 0.05) is 5.02 Å². The van der Waals surface area contributed by atoms with Crippen LogP contribution in [0.25, 0.3) is 10.2 Å². The summed E-state index contributed by atoms with van der Waals surface area (Å²) in [6.45, 7) is 2.21. The first kappa shape index (κ1) is 20.4. The third kappa shape index (κ3) is 4.22. The topological polar surface area (TPSA) is 69.9 Å². The predicted octanol–water partition coefficient (Wildman–Crippen LogP) is 4.32. The number of carbonyl (C=O) groups excluding carboxylic acids is 2. The second-order valence-electron chi connectivity index (χ2n) is 5.62. The van der Waals surface area contributed by atoms with E-state index in [1.807, 2.05) is 19.1 Å². The first-order valence-electron chi connectivity index (χ1n) is 8.30. The Hall–Kier alpha value is -2.35. The van der Waals surface area contributed by atoms with Crippen LogP contribution in [0.2, 0.25) is 10.0 Å². The van der Waals surface area contributed by atoms with E-state index in [0.29, 0.717) is 27.7 Å². The number of hydrogen-bond donors (Lipinski definition) is 0. The van der Waals surface area contributed by atoms with E-state index < -0.39 is 11.9 Å². The van der Waals surface area contributed by atoms with Crippen LogP contribution in [-0.4, -0.2) is 30.2 Å². The molecule has 0 aliphatic carbocycles. The number of ether oxygens (including phenoxy) is 2. The van der Waals surface area contributed by atoms with Crippen molar-refractivity contribution in [2.45, 2.75) is 13.5 Å². The molecule has 1 aromatic heterocycles. The number of hydrogen-bond acceptors (Lipinski definition) is 5. The Kier molecular flexibility index (Phi) is 6.39. The molecule has 0 atom stereocenters. The number of carbonyl (C=O) groups is 2. The van der Waals surface area contributed by atoms with Gasteiger partial charge in [-0.2, -0.15) is 4.99 Å². The van der Waals surface area contributed by atoms with Crippen molar-refractivity contribution in [3.8, 4) is 5.75 Å². The van der Waals surface area contributed by atoms with E-state index in [1.54, 1.807) is 16.7 Å². The summed E-state index contributed by atoms with van der Waals surface area (Å²) in [5.74, 6) is -0.439. The fourth-order valence-electron chi connectivity index (χ4n) is 2.60. The van der Waals surface area contributed by atoms with Crippen LogP contribution in [0, 0.1) is 0 Å². The average molecular weight is 439 g/mol. The highest BCUT2D eigenvalue weighted by molar-refractivity contribution is 7.16. The molecule has 1 heterocycles. The van der Waals surface area contributed by atoms with Crippen LogP contribution in [0.3, 0.4) is 0 Å². The van der Waals surface area contributed by atoms with Gasteiger partial charge in [-0.05, 0) is 37.3 Å². The molecule has 0 fully saturated rings. The molecule has 0 unspecified atom stereocenters. The Morgan fingerprint density at radius 3 is 2.71 bits per heavy atom. The molecule has 0 aliphatic rings. The first-order chi connectivity index (χ1) is 13.4. The molecule has 9 heteroatoms. The number of amides is 1. The van der Waals surface area contributed by atoms with Gasteiger partial charge in [-0.3, -0.25) is 9.59 Å². The Labute approximate surface area is 174 Å². The normalized spacial score (nSPS) is 11.6. The smallest absolute Gasteiger partial charge is 0.325 e. The highest BCUT2D eigenvalue weighted by atomic mass is 35.5. The fourth-order valence-corrected chi connectivity index (χ4v) is 4.02. The minimum Gasteiger partial charge on any atom is -0.492 e. The van der Waals surface area contributed by atoms with Crippen molar-refractivity contribution in [3.63, 3.8) is 0 Å². The Morgan fingerprint density at radius 1 is 1.21 bits per heavy atom. The number of esters is 1. The van der Waals surface area contributed by atoms with Crippen LogP contribution < -0.4 is 9.54 Å². The number of fused-ring (bicyclic) bond motifs is 1. The largest absolute Gasteiger partial charge is 0.492 e. The van der Waals surface area contributed by atoms with Crippen molar-refractivity contribution >= 4 is 56.6 Å². The summed E-state index contributed by atoms with van der Waals surface area (Å²) in [6, 6.07) is 10.1. The number of para-hydroxylation sites is 1. The summed E-state index contributed by atoms with van der Waals surface area (Å²) in [7, 11) is 1.30. The molecule has 1 amide bonds. The number of thiazole rings is 1. The Balaban J connectivity index is 2.21. The summed E-state index contributed by atoms with van der Waals surface area (Å²) in [6.07, 6.45) is 0. The maximum Gasteiger partial charge on any atom is 0.325 e. The molecule has 146 valence electrons. The van der Waals surface area contributed by atoms with Gasteiger partial charge in [-0.15, -0.1) is 0 Å². The molecule has 0 spiro atoms. The van der Waals surface area contributed by atoms with E-state index >= 15 is 0 Å². The Morgan fingerprint density at radius 2 is 2.00 bits per heavy atom. The molecule has 0 saturated carbocycles. The molecule has 28 heavy (non-hydrogen) atoms. The quantitative estimate of drug-likeness (QED) is 0.556. The van der Waals surface area contributed by atoms with Crippen LogP contribution >= 0.6 is 34.5 Å². The molecular weight excluding hydrogens is 423 g/mol. The molecule has 6 nitrogen and oxygen atoms in total. The van der Waals surface area contributed by atoms with E-state index in [9.17, 15) is 9.59 Å². The highest BCUT2D eigenvalue weighted by Gasteiger charge is 2.17. The lowest BCUT2D eigenvalue weighted by Crippen LogP contribution is -2.22. The van der Waals surface area contributed by atoms with E-state index in [-0.39, 0.29) is 17.1 Å². The summed E-state index contributed by atoms with van der Waals surface area (Å²) >= 11 is 13.3. The van der Waals surface area contributed by atoms with Gasteiger partial charge in [0.2, 0.25) is 0 Å². The lowest BCUT2D eigenvalue weighted by atomic mass is 10.2. The number of aromatic nitrogens is 1. The lowest BCUT2D eigenvalue weighted by molar-refractivity contribution is -0.141. The number of halogens is 2. The van der Waals surface area contributed by atoms with Gasteiger partial charge in [-0.25, -0.2) is 0 Å². The summed E-state index contributed by atoms with van der Waals surface area (Å²) < 4.78 is 12.9. The van der Waals surface area contributed by atoms with Crippen LogP contribution in [-0.2, 0) is 16.1 Å². The standard InChI is InChI=1S/C19H16Cl2N2O4S/c1-3-27-14-5-4-6-15-17(14)23(10-16(24)26-2)19(28-15)22-18(25)12-9-11(20)7-8-13(12)21/h4-9H,3,10H2,1-2H3. The van der Waals surface area contributed by atoms with Crippen LogP contribution in [0.15, 0.2) is 41.4 Å². The third-order valence-corrected chi connectivity index (χ3v) is 5.44. The Bertz CT molecular complexity index is 1120. The molecule has 0 aliphatic heterocycles. The van der Waals surface area contributed by atoms with Crippen molar-refractivity contribution in [1.82, 2.24) is 4.57 Å². The van der Waals surface area contributed by atoms with Gasteiger partial charge >= 0.3 is 5.97 Å². The third-order valence-electron chi connectivity index (χ3n) is 3.83. The van der Waals surface area contributed by atoms with E-state index in [0.717, 1.165) is 4.70 Å². The maximum atomic E-state index is 12.7. The molecule has 3 aromatic rings. The van der Waals surface area contributed by atoms with Crippen molar-refractivity contribution < 1.29 is 19.1 Å². The van der Waals surface area contributed by atoms with Gasteiger partial charge in [0.25, 0.3) is 5.91 Å². The minimum atomic E-state index is -0.560. The second-order valence-corrected chi connectivity index (χ2v) is 7.48. The minimum absolute atomic E-state index is 0.115. The predicted molar refractivity (Wildman–Crippen MR) is 109 cm³/mol. The summed E-state index contributed by atoms with van der Waals surface area (Å²) in [5, 5.41) is 0.620. The average Bonchev–Trinajstić information content (AvgIpc) is 3.01. The molecule has 0 N–H and O–H groups in total. The summed E-state index contributed by atoms with van der Waals surface area (Å²) in [4.78, 5) is 29.2. The van der Waals surface area contributed by atoms with Crippen molar-refractivity contribution in [2.24, 2.45) is 4.99 Å². The van der Waals surface area contributed by atoms with Crippen molar-refractivity contribution in [3.05, 3.63) is 56.8 Å². The molecule has 0 bridgehead atoms. The van der Waals surface area contributed by atoms with Gasteiger partial charge in [0.05, 0.1) is 29.0 Å². The second kappa shape index (κ2) is 8.77. The van der Waals surface area contributed by atoms with E-state index in [4.69, 9.17) is 32.7 Å². The lowest BCUT2D eigenvalue weighted by Gasteiger charge is -2.09. The zero-order chi connectivity index (χ0) is 20.3. The number of rotatable bonds is 5. The van der Waals surface area contributed by atoms with Crippen LogP contribution in [0.5, 0.6) is 5.75 Å². The van der Waals surface area contributed by atoms with E-state index in [2.05, 4.69) is 4.99 Å². The molecule has 3 rings (SSSR count). The monoisotopic (exact) mass is 438 g/mol. The van der Waals surface area contributed by atoms with Gasteiger partial charge < -0.3 is 14.0 Å².